The van der Waals surface area contributed by atoms with Crippen LogP contribution >= 0.6 is 0 Å². The summed E-state index contributed by atoms with van der Waals surface area (Å²) in [6.07, 6.45) is 0.330. The maximum absolute atomic E-state index is 10.7. The highest BCUT2D eigenvalue weighted by Gasteiger charge is 2.12. The van der Waals surface area contributed by atoms with E-state index >= 15 is 0 Å². The van der Waals surface area contributed by atoms with E-state index in [4.69, 9.17) is 15.6 Å². The third-order valence-corrected chi connectivity index (χ3v) is 3.58. The van der Waals surface area contributed by atoms with E-state index in [1.807, 2.05) is 24.3 Å². The first kappa shape index (κ1) is 15.8. The van der Waals surface area contributed by atoms with Crippen molar-refractivity contribution in [2.45, 2.75) is 12.5 Å². The van der Waals surface area contributed by atoms with Crippen LogP contribution in [0.5, 0.6) is 5.75 Å². The number of aliphatic carboxylic acids is 1. The zero-order valence-corrected chi connectivity index (χ0v) is 12.1. The van der Waals surface area contributed by atoms with Crippen molar-refractivity contribution in [2.24, 2.45) is 5.73 Å². The fraction of sp³-hybridized carbons (Fsp3) is 0.533. The van der Waals surface area contributed by atoms with Crippen molar-refractivity contribution in [3.05, 3.63) is 29.8 Å². The van der Waals surface area contributed by atoms with Crippen molar-refractivity contribution in [1.29, 1.82) is 0 Å². The maximum atomic E-state index is 10.7. The second kappa shape index (κ2) is 7.97. The Labute approximate surface area is 124 Å². The zero-order chi connectivity index (χ0) is 15.1. The van der Waals surface area contributed by atoms with Gasteiger partial charge in [0.15, 0.2) is 0 Å². The molecule has 1 aromatic rings. The number of ether oxygens (including phenoxy) is 1. The minimum absolute atomic E-state index is 0.330. The predicted octanol–water partition coefficient (Wildman–Crippen LogP) is -0.0750. The topological polar surface area (TPSA) is 87.8 Å². The van der Waals surface area contributed by atoms with Gasteiger partial charge in [-0.2, -0.15) is 0 Å². The van der Waals surface area contributed by atoms with Gasteiger partial charge in [0, 0.05) is 32.7 Å². The Morgan fingerprint density at radius 1 is 1.33 bits per heavy atom. The summed E-state index contributed by atoms with van der Waals surface area (Å²) < 4.78 is 5.71. The van der Waals surface area contributed by atoms with Crippen LogP contribution in [0.2, 0.25) is 0 Å². The van der Waals surface area contributed by atoms with E-state index < -0.39 is 12.0 Å². The number of benzene rings is 1. The smallest absolute Gasteiger partial charge is 0.320 e. The van der Waals surface area contributed by atoms with E-state index in [-0.39, 0.29) is 0 Å². The first-order valence-corrected chi connectivity index (χ1v) is 7.28. The predicted molar refractivity (Wildman–Crippen MR) is 80.6 cm³/mol. The summed E-state index contributed by atoms with van der Waals surface area (Å²) in [4.78, 5) is 13.1. The molecule has 1 atom stereocenters. The molecule has 1 aliphatic rings. The van der Waals surface area contributed by atoms with Gasteiger partial charge in [-0.25, -0.2) is 0 Å². The van der Waals surface area contributed by atoms with Gasteiger partial charge in [0.05, 0.1) is 0 Å². The summed E-state index contributed by atoms with van der Waals surface area (Å²) >= 11 is 0. The SMILES string of the molecule is N[C@H](Cc1ccc(OCCN2CCNCC2)cc1)C(=O)O. The van der Waals surface area contributed by atoms with Crippen molar-refractivity contribution >= 4 is 5.97 Å². The van der Waals surface area contributed by atoms with Crippen LogP contribution in [-0.4, -0.2) is 61.3 Å². The van der Waals surface area contributed by atoms with Gasteiger partial charge in [-0.1, -0.05) is 12.1 Å². The Morgan fingerprint density at radius 3 is 2.62 bits per heavy atom. The molecular weight excluding hydrogens is 270 g/mol. The molecule has 0 aromatic heterocycles. The molecule has 0 bridgehead atoms. The zero-order valence-electron chi connectivity index (χ0n) is 12.1. The third kappa shape index (κ3) is 5.34. The molecule has 4 N–H and O–H groups in total. The molecule has 0 saturated carbocycles. The van der Waals surface area contributed by atoms with Crippen LogP contribution in [0.4, 0.5) is 0 Å². The largest absolute Gasteiger partial charge is 0.492 e. The lowest BCUT2D eigenvalue weighted by atomic mass is 10.1. The lowest BCUT2D eigenvalue weighted by Gasteiger charge is -2.26. The standard InChI is InChI=1S/C15H23N3O3/c16-14(15(19)20)11-12-1-3-13(4-2-12)21-10-9-18-7-5-17-6-8-18/h1-4,14,17H,5-11,16H2,(H,19,20)/t14-/m1/s1. The lowest BCUT2D eigenvalue weighted by molar-refractivity contribution is -0.138. The Hall–Kier alpha value is -1.63. The molecule has 0 unspecified atom stereocenters. The molecule has 21 heavy (non-hydrogen) atoms. The normalized spacial score (nSPS) is 17.4. The van der Waals surface area contributed by atoms with Crippen LogP contribution in [0.15, 0.2) is 24.3 Å². The summed E-state index contributed by atoms with van der Waals surface area (Å²) in [5, 5.41) is 12.1. The molecule has 116 valence electrons. The summed E-state index contributed by atoms with van der Waals surface area (Å²) in [5.74, 6) is -0.177. The van der Waals surface area contributed by atoms with Gasteiger partial charge in [0.25, 0.3) is 0 Å². The number of nitrogens with one attached hydrogen (secondary N) is 1. The molecule has 1 aromatic carbocycles. The van der Waals surface area contributed by atoms with Gasteiger partial charge in [0.1, 0.15) is 18.4 Å². The molecule has 0 amide bonds. The molecule has 1 fully saturated rings. The fourth-order valence-electron chi connectivity index (χ4n) is 2.29. The van der Waals surface area contributed by atoms with Gasteiger partial charge in [0.2, 0.25) is 0 Å². The first-order chi connectivity index (χ1) is 10.1. The minimum Gasteiger partial charge on any atom is -0.492 e. The molecule has 6 nitrogen and oxygen atoms in total. The Morgan fingerprint density at radius 2 is 2.00 bits per heavy atom. The number of carbonyl (C=O) groups is 1. The van der Waals surface area contributed by atoms with Gasteiger partial charge in [-0.15, -0.1) is 0 Å². The number of hydrogen-bond donors (Lipinski definition) is 3. The quantitative estimate of drug-likeness (QED) is 0.652. The Bertz CT molecular complexity index is 444. The van der Waals surface area contributed by atoms with Crippen molar-refractivity contribution in [2.75, 3.05) is 39.3 Å². The fourth-order valence-corrected chi connectivity index (χ4v) is 2.29. The number of rotatable bonds is 7. The van der Waals surface area contributed by atoms with Crippen molar-refractivity contribution in [3.63, 3.8) is 0 Å². The van der Waals surface area contributed by atoms with E-state index in [9.17, 15) is 4.79 Å². The lowest BCUT2D eigenvalue weighted by Crippen LogP contribution is -2.44. The number of nitrogens with zero attached hydrogens (tertiary/aromatic N) is 1. The Balaban J connectivity index is 1.73. The van der Waals surface area contributed by atoms with E-state index in [2.05, 4.69) is 10.2 Å². The monoisotopic (exact) mass is 293 g/mol. The van der Waals surface area contributed by atoms with Crippen molar-refractivity contribution in [3.8, 4) is 5.75 Å². The van der Waals surface area contributed by atoms with Crippen LogP contribution in [0, 0.1) is 0 Å². The second-order valence-corrected chi connectivity index (χ2v) is 5.23. The van der Waals surface area contributed by atoms with Crippen molar-refractivity contribution < 1.29 is 14.6 Å². The van der Waals surface area contributed by atoms with E-state index in [1.165, 1.54) is 0 Å². The van der Waals surface area contributed by atoms with Crippen LogP contribution < -0.4 is 15.8 Å². The van der Waals surface area contributed by atoms with E-state index in [0.717, 1.165) is 44.0 Å². The highest BCUT2D eigenvalue weighted by Crippen LogP contribution is 2.13. The van der Waals surface area contributed by atoms with Crippen LogP contribution in [0.1, 0.15) is 5.56 Å². The molecule has 1 saturated heterocycles. The van der Waals surface area contributed by atoms with Gasteiger partial charge in [-0.3, -0.25) is 9.69 Å². The molecule has 0 aliphatic carbocycles. The van der Waals surface area contributed by atoms with Gasteiger partial charge in [-0.05, 0) is 24.1 Å². The molecule has 0 spiro atoms. The molecule has 2 rings (SSSR count). The highest BCUT2D eigenvalue weighted by molar-refractivity contribution is 5.73. The summed E-state index contributed by atoms with van der Waals surface area (Å²) in [5.41, 5.74) is 6.41. The molecular formula is C15H23N3O3. The number of nitrogens with two attached hydrogens (primary N) is 1. The highest BCUT2D eigenvalue weighted by atomic mass is 16.5. The molecule has 1 heterocycles. The van der Waals surface area contributed by atoms with Gasteiger partial charge >= 0.3 is 5.97 Å². The first-order valence-electron chi connectivity index (χ1n) is 7.28. The summed E-state index contributed by atoms with van der Waals surface area (Å²) in [7, 11) is 0. The summed E-state index contributed by atoms with van der Waals surface area (Å²) in [6.45, 7) is 5.79. The maximum Gasteiger partial charge on any atom is 0.320 e. The Kier molecular flexibility index (Phi) is 5.98. The van der Waals surface area contributed by atoms with Crippen molar-refractivity contribution in [1.82, 2.24) is 10.2 Å². The minimum atomic E-state index is -0.980. The summed E-state index contributed by atoms with van der Waals surface area (Å²) in [6, 6.07) is 6.60. The second-order valence-electron chi connectivity index (χ2n) is 5.23. The average molecular weight is 293 g/mol. The number of carboxylic acids is 1. The number of carboxylic acid groups (broad SMARTS) is 1. The van der Waals surface area contributed by atoms with Crippen LogP contribution in [0.3, 0.4) is 0 Å². The van der Waals surface area contributed by atoms with Gasteiger partial charge < -0.3 is 20.9 Å². The van der Waals surface area contributed by atoms with E-state index in [1.54, 1.807) is 0 Å². The van der Waals surface area contributed by atoms with Crippen LogP contribution in [0.25, 0.3) is 0 Å². The molecule has 6 heteroatoms. The number of hydrogen-bond acceptors (Lipinski definition) is 5. The number of piperazine rings is 1. The van der Waals surface area contributed by atoms with E-state index in [0.29, 0.717) is 13.0 Å². The average Bonchev–Trinajstić information content (AvgIpc) is 2.50. The molecule has 1 aliphatic heterocycles. The molecule has 0 radical (unpaired) electrons. The van der Waals surface area contributed by atoms with Crippen LogP contribution in [-0.2, 0) is 11.2 Å². The third-order valence-electron chi connectivity index (χ3n) is 3.58.